The molecule has 0 saturated carbocycles. The number of piperazine rings is 1. The van der Waals surface area contributed by atoms with Gasteiger partial charge in [-0.2, -0.15) is 0 Å². The fourth-order valence-electron chi connectivity index (χ4n) is 2.16. The highest BCUT2D eigenvalue weighted by molar-refractivity contribution is 6.06. The fourth-order valence-corrected chi connectivity index (χ4v) is 2.16. The van der Waals surface area contributed by atoms with Crippen molar-refractivity contribution in [3.63, 3.8) is 0 Å². The molecule has 1 saturated heterocycles. The highest BCUT2D eigenvalue weighted by Crippen LogP contribution is 2.20. The Hall–Kier alpha value is -2.37. The Labute approximate surface area is 116 Å². The molecule has 20 heavy (non-hydrogen) atoms. The third kappa shape index (κ3) is 2.64. The van der Waals surface area contributed by atoms with Crippen LogP contribution in [0.15, 0.2) is 24.3 Å². The largest absolute Gasteiger partial charge is 0.399 e. The summed E-state index contributed by atoms with van der Waals surface area (Å²) in [5, 5.41) is 2.24. The summed E-state index contributed by atoms with van der Waals surface area (Å²) in [6, 6.07) is 6.98. The molecule has 2 rings (SSSR count). The maximum Gasteiger partial charge on any atom is 0.252 e. The number of benzene rings is 1. The van der Waals surface area contributed by atoms with Crippen molar-refractivity contribution < 1.29 is 14.4 Å². The molecule has 0 unspecified atom stereocenters. The molecule has 6 heteroatoms. The van der Waals surface area contributed by atoms with E-state index >= 15 is 0 Å². The van der Waals surface area contributed by atoms with Gasteiger partial charge in [0.2, 0.25) is 11.8 Å². The molecular formula is C14H17N3O3. The number of nitrogens with two attached hydrogens (primary N) is 1. The van der Waals surface area contributed by atoms with E-state index in [0.29, 0.717) is 5.69 Å². The minimum Gasteiger partial charge on any atom is -0.399 e. The first kappa shape index (κ1) is 14.0. The Balaban J connectivity index is 2.19. The molecule has 0 spiro atoms. The minimum absolute atomic E-state index is 0.106. The van der Waals surface area contributed by atoms with E-state index in [9.17, 15) is 14.4 Å². The number of hydrogen-bond donors (Lipinski definition) is 2. The van der Waals surface area contributed by atoms with Crippen LogP contribution in [0, 0.1) is 0 Å². The summed E-state index contributed by atoms with van der Waals surface area (Å²) in [7, 11) is 0. The lowest BCUT2D eigenvalue weighted by Crippen LogP contribution is -2.65. The van der Waals surface area contributed by atoms with E-state index in [1.54, 1.807) is 38.1 Å². The molecule has 1 aromatic rings. The molecule has 3 amide bonds. The molecule has 0 bridgehead atoms. The second-order valence-electron chi connectivity index (χ2n) is 5.34. The third-order valence-electron chi connectivity index (χ3n) is 3.39. The van der Waals surface area contributed by atoms with Crippen molar-refractivity contribution in [1.29, 1.82) is 0 Å². The Morgan fingerprint density at radius 1 is 1.40 bits per heavy atom. The summed E-state index contributed by atoms with van der Waals surface area (Å²) >= 11 is 0. The molecule has 1 heterocycles. The van der Waals surface area contributed by atoms with Crippen molar-refractivity contribution in [3.05, 3.63) is 29.8 Å². The highest BCUT2D eigenvalue weighted by Gasteiger charge is 2.43. The number of hydrogen-bond acceptors (Lipinski definition) is 4. The van der Waals surface area contributed by atoms with E-state index in [0.717, 1.165) is 5.56 Å². The third-order valence-corrected chi connectivity index (χ3v) is 3.39. The van der Waals surface area contributed by atoms with Crippen LogP contribution in [0.4, 0.5) is 5.69 Å². The van der Waals surface area contributed by atoms with Gasteiger partial charge in [0.1, 0.15) is 12.1 Å². The molecule has 1 fully saturated rings. The van der Waals surface area contributed by atoms with Gasteiger partial charge in [-0.25, -0.2) is 0 Å². The Morgan fingerprint density at radius 3 is 2.75 bits per heavy atom. The first-order chi connectivity index (χ1) is 9.30. The van der Waals surface area contributed by atoms with E-state index in [4.69, 9.17) is 5.73 Å². The number of carbonyl (C=O) groups excluding carboxylic acids is 3. The predicted molar refractivity (Wildman–Crippen MR) is 73.5 cm³/mol. The van der Waals surface area contributed by atoms with Crippen molar-refractivity contribution in [2.75, 3.05) is 12.3 Å². The van der Waals surface area contributed by atoms with Gasteiger partial charge in [-0.1, -0.05) is 12.1 Å². The minimum atomic E-state index is -1.04. The molecule has 0 atom stereocenters. The zero-order valence-corrected chi connectivity index (χ0v) is 11.5. The average Bonchev–Trinajstić information content (AvgIpc) is 2.34. The molecule has 1 aromatic carbocycles. The van der Waals surface area contributed by atoms with E-state index in [-0.39, 0.29) is 18.9 Å². The van der Waals surface area contributed by atoms with Crippen LogP contribution in [-0.4, -0.2) is 34.7 Å². The number of rotatable bonds is 2. The van der Waals surface area contributed by atoms with Crippen molar-refractivity contribution in [1.82, 2.24) is 10.2 Å². The Kier molecular flexibility index (Phi) is 3.48. The Morgan fingerprint density at radius 2 is 2.10 bits per heavy atom. The van der Waals surface area contributed by atoms with Crippen molar-refractivity contribution in [3.8, 4) is 0 Å². The van der Waals surface area contributed by atoms with Crippen LogP contribution in [0.2, 0.25) is 0 Å². The predicted octanol–water partition coefficient (Wildman–Crippen LogP) is 0.0749. The van der Waals surface area contributed by atoms with Gasteiger partial charge in [0, 0.05) is 5.69 Å². The molecular weight excluding hydrogens is 258 g/mol. The zero-order valence-electron chi connectivity index (χ0n) is 11.5. The van der Waals surface area contributed by atoms with Crippen LogP contribution >= 0.6 is 0 Å². The van der Waals surface area contributed by atoms with Gasteiger partial charge in [0.05, 0.1) is 6.42 Å². The summed E-state index contributed by atoms with van der Waals surface area (Å²) in [5.74, 6) is -1.20. The maximum absolute atomic E-state index is 12.3. The van der Waals surface area contributed by atoms with Crippen LogP contribution in [0.1, 0.15) is 19.4 Å². The second kappa shape index (κ2) is 4.96. The zero-order chi connectivity index (χ0) is 14.9. The fraction of sp³-hybridized carbons (Fsp3) is 0.357. The Bertz CT molecular complexity index is 581. The molecule has 1 aliphatic rings. The van der Waals surface area contributed by atoms with Crippen LogP contribution in [0.3, 0.4) is 0 Å². The molecule has 0 aliphatic carbocycles. The molecule has 6 nitrogen and oxygen atoms in total. The van der Waals surface area contributed by atoms with Gasteiger partial charge in [-0.15, -0.1) is 0 Å². The quantitative estimate of drug-likeness (QED) is 0.590. The lowest BCUT2D eigenvalue weighted by Gasteiger charge is -2.40. The van der Waals surface area contributed by atoms with Crippen molar-refractivity contribution in [2.45, 2.75) is 25.8 Å². The number of amides is 3. The summed E-state index contributed by atoms with van der Waals surface area (Å²) < 4.78 is 0. The molecule has 3 N–H and O–H groups in total. The smallest absolute Gasteiger partial charge is 0.252 e. The monoisotopic (exact) mass is 275 g/mol. The van der Waals surface area contributed by atoms with E-state index in [1.807, 2.05) is 0 Å². The number of nitrogens with one attached hydrogen (secondary N) is 1. The number of nitrogens with zero attached hydrogens (tertiary/aromatic N) is 1. The number of nitrogen functional groups attached to an aromatic ring is 1. The van der Waals surface area contributed by atoms with E-state index in [2.05, 4.69) is 5.32 Å². The molecule has 106 valence electrons. The highest BCUT2D eigenvalue weighted by atomic mass is 16.2. The van der Waals surface area contributed by atoms with Crippen LogP contribution in [0.25, 0.3) is 0 Å². The van der Waals surface area contributed by atoms with Crippen molar-refractivity contribution in [2.24, 2.45) is 0 Å². The topological polar surface area (TPSA) is 92.5 Å². The lowest BCUT2D eigenvalue weighted by atomic mass is 9.97. The van der Waals surface area contributed by atoms with E-state index < -0.39 is 17.4 Å². The van der Waals surface area contributed by atoms with Gasteiger partial charge in [0.25, 0.3) is 5.91 Å². The summed E-state index contributed by atoms with van der Waals surface area (Å²) in [6.07, 6.45) is 0.106. The number of imide groups is 1. The van der Waals surface area contributed by atoms with Gasteiger partial charge in [-0.3, -0.25) is 19.7 Å². The van der Waals surface area contributed by atoms with Crippen LogP contribution < -0.4 is 11.1 Å². The SMILES string of the molecule is CC1(C)C(=O)NC(=O)CN1C(=O)Cc1cccc(N)c1. The molecule has 0 radical (unpaired) electrons. The second-order valence-corrected chi connectivity index (χ2v) is 5.34. The summed E-state index contributed by atoms with van der Waals surface area (Å²) in [5.41, 5.74) is 5.96. The first-order valence-corrected chi connectivity index (χ1v) is 6.30. The molecule has 1 aliphatic heterocycles. The van der Waals surface area contributed by atoms with Crippen LogP contribution in [-0.2, 0) is 20.8 Å². The summed E-state index contributed by atoms with van der Waals surface area (Å²) in [6.45, 7) is 3.12. The molecule has 0 aromatic heterocycles. The standard InChI is InChI=1S/C14H17N3O3/c1-14(2)13(20)16-11(18)8-17(14)12(19)7-9-4-3-5-10(15)6-9/h3-6H,7-8,15H2,1-2H3,(H,16,18,20). The van der Waals surface area contributed by atoms with Gasteiger partial charge >= 0.3 is 0 Å². The first-order valence-electron chi connectivity index (χ1n) is 6.30. The maximum atomic E-state index is 12.3. The average molecular weight is 275 g/mol. The van der Waals surface area contributed by atoms with Gasteiger partial charge < -0.3 is 10.6 Å². The van der Waals surface area contributed by atoms with Crippen LogP contribution in [0.5, 0.6) is 0 Å². The summed E-state index contributed by atoms with van der Waals surface area (Å²) in [4.78, 5) is 36.9. The van der Waals surface area contributed by atoms with Gasteiger partial charge in [-0.05, 0) is 31.5 Å². The van der Waals surface area contributed by atoms with Gasteiger partial charge in [0.15, 0.2) is 0 Å². The van der Waals surface area contributed by atoms with Crippen molar-refractivity contribution >= 4 is 23.4 Å². The normalized spacial score (nSPS) is 17.8. The lowest BCUT2D eigenvalue weighted by molar-refractivity contribution is -0.155. The number of carbonyl (C=O) groups is 3. The van der Waals surface area contributed by atoms with E-state index in [1.165, 1.54) is 4.90 Å². The number of anilines is 1.